The monoisotopic (exact) mass is 657 g/mol. The van der Waals surface area contributed by atoms with Crippen molar-refractivity contribution >= 4 is 71.9 Å². The third-order valence-corrected chi connectivity index (χ3v) is 11.7. The van der Waals surface area contributed by atoms with Crippen LogP contribution in [0.3, 0.4) is 0 Å². The number of allylic oxidation sites excluding steroid dienone is 6. The summed E-state index contributed by atoms with van der Waals surface area (Å²) in [6.45, 7) is 0. The second-order valence-corrected chi connectivity index (χ2v) is 14.7. The number of fused-ring (bicyclic) bond motifs is 7. The van der Waals surface area contributed by atoms with E-state index in [1.165, 1.54) is 70.3 Å². The minimum absolute atomic E-state index is 0.386. The first kappa shape index (κ1) is 29.2. The van der Waals surface area contributed by atoms with Gasteiger partial charge in [0.15, 0.2) is 0 Å². The van der Waals surface area contributed by atoms with E-state index in [1.807, 2.05) is 11.3 Å². The van der Waals surface area contributed by atoms with E-state index < -0.39 is 0 Å². The van der Waals surface area contributed by atoms with Crippen molar-refractivity contribution < 1.29 is 0 Å². The highest BCUT2D eigenvalue weighted by molar-refractivity contribution is 7.25. The topological polar surface area (TPSA) is 3.24 Å². The normalized spacial score (nSPS) is 17.0. The number of benzene rings is 6. The molecule has 10 rings (SSSR count). The first-order chi connectivity index (χ1) is 24.8. The molecule has 0 aliphatic heterocycles. The predicted octanol–water partition coefficient (Wildman–Crippen LogP) is 13.5. The average Bonchev–Trinajstić information content (AvgIpc) is 3.71. The summed E-state index contributed by atoms with van der Waals surface area (Å²) < 4.78 is 2.65. The van der Waals surface area contributed by atoms with Gasteiger partial charge in [-0.15, -0.1) is 11.3 Å². The summed E-state index contributed by atoms with van der Waals surface area (Å²) in [4.78, 5) is 2.38. The number of para-hydroxylation sites is 1. The summed E-state index contributed by atoms with van der Waals surface area (Å²) in [6, 6.07) is 51.5. The zero-order valence-electron chi connectivity index (χ0n) is 27.7. The van der Waals surface area contributed by atoms with Gasteiger partial charge in [-0.1, -0.05) is 109 Å². The van der Waals surface area contributed by atoms with Crippen LogP contribution in [0.1, 0.15) is 52.1 Å². The highest BCUT2D eigenvalue weighted by Gasteiger charge is 2.29. The van der Waals surface area contributed by atoms with E-state index in [-0.39, 0.29) is 0 Å². The second kappa shape index (κ2) is 12.0. The van der Waals surface area contributed by atoms with Crippen molar-refractivity contribution in [2.24, 2.45) is 0 Å². The van der Waals surface area contributed by atoms with Crippen molar-refractivity contribution in [1.82, 2.24) is 0 Å². The van der Waals surface area contributed by atoms with Crippen molar-refractivity contribution in [3.63, 3.8) is 0 Å². The summed E-state index contributed by atoms with van der Waals surface area (Å²) in [5.74, 6) is 0.386. The molecule has 0 saturated heterocycles. The van der Waals surface area contributed by atoms with Crippen molar-refractivity contribution in [3.8, 4) is 0 Å². The fourth-order valence-corrected chi connectivity index (χ4v) is 9.22. The largest absolute Gasteiger partial charge is 0.310 e. The van der Waals surface area contributed by atoms with Crippen LogP contribution in [0.5, 0.6) is 0 Å². The van der Waals surface area contributed by atoms with E-state index in [2.05, 4.69) is 175 Å². The van der Waals surface area contributed by atoms with Crippen molar-refractivity contribution in [2.75, 3.05) is 4.90 Å². The summed E-state index contributed by atoms with van der Waals surface area (Å²) >= 11 is 1.86. The van der Waals surface area contributed by atoms with Gasteiger partial charge < -0.3 is 4.90 Å². The number of hydrogen-bond donors (Lipinski definition) is 0. The minimum Gasteiger partial charge on any atom is -0.310 e. The minimum atomic E-state index is 0.386. The number of rotatable bonds is 5. The number of thiophene rings is 1. The molecule has 7 aromatic rings. The Labute approximate surface area is 297 Å². The molecule has 2 heteroatoms. The molecular formula is C48H35NS. The molecule has 0 saturated carbocycles. The van der Waals surface area contributed by atoms with Crippen LogP contribution in [0.15, 0.2) is 163 Å². The molecule has 1 aromatic heterocycles. The molecule has 0 radical (unpaired) electrons. The van der Waals surface area contributed by atoms with Gasteiger partial charge in [-0.05, 0) is 130 Å². The van der Waals surface area contributed by atoms with E-state index in [0.29, 0.717) is 5.92 Å². The SMILES string of the molecule is C1=CC(c2ccc3c(c2)/C(=C\c2ccc(N(c4ccccc4)c4ccc5sc6ccccc6c5c4)cc2)C2=CCCC=C23)Cc2ccccc21. The van der Waals surface area contributed by atoms with Crippen LogP contribution < -0.4 is 4.90 Å². The van der Waals surface area contributed by atoms with Crippen LogP contribution in [0, 0.1) is 0 Å². The van der Waals surface area contributed by atoms with E-state index in [0.717, 1.165) is 36.3 Å². The van der Waals surface area contributed by atoms with E-state index in [4.69, 9.17) is 0 Å². The molecule has 1 unspecified atom stereocenters. The standard InChI is InChI=1S/C48H35NS/c1-2-12-37(13-3-1)49(39-25-27-48-46(31-39)43-16-8-9-17-47(43)50-48)38-23-18-32(19-24-38)28-44-41-15-7-6-14-40(41)42-26-22-36(30-45(42)44)35-21-20-33-10-4-5-11-34(33)29-35/h1-5,8-28,30-31,35H,6-7,29H2/b44-28-. The Morgan fingerprint density at radius 1 is 0.580 bits per heavy atom. The number of nitrogens with zero attached hydrogens (tertiary/aromatic N) is 1. The molecule has 0 N–H and O–H groups in total. The lowest BCUT2D eigenvalue weighted by molar-refractivity contribution is 0.826. The van der Waals surface area contributed by atoms with Crippen LogP contribution in [-0.2, 0) is 6.42 Å². The van der Waals surface area contributed by atoms with Gasteiger partial charge in [0.2, 0.25) is 0 Å². The summed E-state index contributed by atoms with van der Waals surface area (Å²) in [6.07, 6.45) is 15.2. The zero-order valence-corrected chi connectivity index (χ0v) is 28.5. The third kappa shape index (κ3) is 4.99. The molecule has 3 aliphatic carbocycles. The second-order valence-electron chi connectivity index (χ2n) is 13.6. The molecule has 6 aromatic carbocycles. The molecule has 0 bridgehead atoms. The first-order valence-corrected chi connectivity index (χ1v) is 18.5. The van der Waals surface area contributed by atoms with Gasteiger partial charge in [0, 0.05) is 43.2 Å². The van der Waals surface area contributed by atoms with Crippen LogP contribution in [0.25, 0.3) is 43.5 Å². The average molecular weight is 658 g/mol. The third-order valence-electron chi connectivity index (χ3n) is 10.6. The predicted molar refractivity (Wildman–Crippen MR) is 216 cm³/mol. The van der Waals surface area contributed by atoms with Crippen LogP contribution in [0.2, 0.25) is 0 Å². The van der Waals surface area contributed by atoms with Gasteiger partial charge in [0.05, 0.1) is 0 Å². The van der Waals surface area contributed by atoms with Crippen molar-refractivity contribution in [1.29, 1.82) is 0 Å². The molecule has 0 amide bonds. The summed E-state index contributed by atoms with van der Waals surface area (Å²) in [5, 5.41) is 2.63. The van der Waals surface area contributed by atoms with Gasteiger partial charge in [-0.25, -0.2) is 0 Å². The molecule has 238 valence electrons. The van der Waals surface area contributed by atoms with Crippen molar-refractivity contribution in [3.05, 3.63) is 197 Å². The van der Waals surface area contributed by atoms with Crippen molar-refractivity contribution in [2.45, 2.75) is 25.2 Å². The Balaban J connectivity index is 1.03. The molecule has 0 fully saturated rings. The smallest absolute Gasteiger partial charge is 0.0468 e. The summed E-state index contributed by atoms with van der Waals surface area (Å²) in [7, 11) is 0. The van der Waals surface area contributed by atoms with Gasteiger partial charge in [0.25, 0.3) is 0 Å². The lowest BCUT2D eigenvalue weighted by Gasteiger charge is -2.25. The van der Waals surface area contributed by atoms with Gasteiger partial charge in [0.1, 0.15) is 0 Å². The Morgan fingerprint density at radius 2 is 1.32 bits per heavy atom. The van der Waals surface area contributed by atoms with Crippen LogP contribution >= 0.6 is 11.3 Å². The number of anilines is 3. The fourth-order valence-electron chi connectivity index (χ4n) is 8.14. The Bertz CT molecular complexity index is 2560. The lowest BCUT2D eigenvalue weighted by Crippen LogP contribution is -2.09. The Hall–Kier alpha value is -5.70. The van der Waals surface area contributed by atoms with E-state index in [9.17, 15) is 0 Å². The number of hydrogen-bond acceptors (Lipinski definition) is 2. The van der Waals surface area contributed by atoms with Gasteiger partial charge in [-0.3, -0.25) is 0 Å². The molecule has 1 heterocycles. The molecule has 1 atom stereocenters. The van der Waals surface area contributed by atoms with Crippen LogP contribution in [0.4, 0.5) is 17.1 Å². The maximum Gasteiger partial charge on any atom is 0.0468 e. The molecule has 3 aliphatic rings. The van der Waals surface area contributed by atoms with E-state index in [1.54, 1.807) is 0 Å². The first-order valence-electron chi connectivity index (χ1n) is 17.7. The van der Waals surface area contributed by atoms with E-state index >= 15 is 0 Å². The maximum absolute atomic E-state index is 2.47. The zero-order chi connectivity index (χ0) is 33.0. The molecule has 50 heavy (non-hydrogen) atoms. The highest BCUT2D eigenvalue weighted by atomic mass is 32.1. The molecule has 0 spiro atoms. The highest BCUT2D eigenvalue weighted by Crippen LogP contribution is 2.49. The Morgan fingerprint density at radius 3 is 2.22 bits per heavy atom. The van der Waals surface area contributed by atoms with Crippen LogP contribution in [-0.4, -0.2) is 0 Å². The Kier molecular flexibility index (Phi) is 7.03. The van der Waals surface area contributed by atoms with Gasteiger partial charge in [-0.2, -0.15) is 0 Å². The fraction of sp³-hybridized carbons (Fsp3) is 0.0833. The quantitative estimate of drug-likeness (QED) is 0.178. The summed E-state index contributed by atoms with van der Waals surface area (Å²) in [5.41, 5.74) is 15.7. The van der Waals surface area contributed by atoms with Gasteiger partial charge >= 0.3 is 0 Å². The molecule has 1 nitrogen and oxygen atoms in total. The lowest BCUT2D eigenvalue weighted by atomic mass is 9.84. The molecular weight excluding hydrogens is 623 g/mol. The maximum atomic E-state index is 2.47.